The van der Waals surface area contributed by atoms with Crippen molar-refractivity contribution in [3.8, 4) is 11.5 Å². The molecule has 1 aromatic carbocycles. The summed E-state index contributed by atoms with van der Waals surface area (Å²) in [5.74, 6) is -1.27. The van der Waals surface area contributed by atoms with Gasteiger partial charge in [-0.2, -0.15) is 0 Å². The highest BCUT2D eigenvalue weighted by Crippen LogP contribution is 2.42. The number of ether oxygens (including phenoxy) is 1. The lowest BCUT2D eigenvalue weighted by Crippen LogP contribution is -2.53. The number of carboxylic acids is 1. The number of aliphatic carboxylic acids is 1. The van der Waals surface area contributed by atoms with Crippen LogP contribution in [0.15, 0.2) is 18.2 Å². The summed E-state index contributed by atoms with van der Waals surface area (Å²) in [6.45, 7) is 1.13. The van der Waals surface area contributed by atoms with E-state index >= 15 is 0 Å². The van der Waals surface area contributed by atoms with E-state index in [2.05, 4.69) is 0 Å². The minimum atomic E-state index is -1.53. The first-order valence-electron chi connectivity index (χ1n) is 5.33. The van der Waals surface area contributed by atoms with E-state index < -0.39 is 11.5 Å². The molecule has 0 saturated heterocycles. The quantitative estimate of drug-likeness (QED) is 0.801. The van der Waals surface area contributed by atoms with Crippen molar-refractivity contribution in [2.24, 2.45) is 0 Å². The maximum atomic E-state index is 11.6. The van der Waals surface area contributed by atoms with Gasteiger partial charge in [0.25, 0.3) is 0 Å². The predicted octanol–water partition coefficient (Wildman–Crippen LogP) is 0.543. The lowest BCUT2D eigenvalue weighted by atomic mass is 9.90. The summed E-state index contributed by atoms with van der Waals surface area (Å²) in [5.41, 5.74) is -1.17. The van der Waals surface area contributed by atoms with Crippen LogP contribution in [0.1, 0.15) is 12.5 Å². The normalized spacial score (nSPS) is 21.0. The van der Waals surface area contributed by atoms with E-state index in [4.69, 9.17) is 4.74 Å². The second kappa shape index (κ2) is 3.90. The zero-order chi connectivity index (χ0) is 13.5. The molecule has 0 spiro atoms. The van der Waals surface area contributed by atoms with Crippen LogP contribution < -0.4 is 4.74 Å². The first kappa shape index (κ1) is 12.2. The van der Waals surface area contributed by atoms with Gasteiger partial charge >= 0.3 is 5.97 Å². The van der Waals surface area contributed by atoms with Gasteiger partial charge in [0.05, 0.1) is 0 Å². The van der Waals surface area contributed by atoms with Gasteiger partial charge in [-0.15, -0.1) is 0 Å². The highest BCUT2D eigenvalue weighted by atomic mass is 16.5. The number of likely N-dealkylation sites (N-methyl/N-ethyl adjacent to an activating group) is 1. The molecule has 1 amide bonds. The van der Waals surface area contributed by atoms with E-state index in [1.807, 2.05) is 0 Å². The maximum absolute atomic E-state index is 11.6. The zero-order valence-corrected chi connectivity index (χ0v) is 10.0. The Hall–Kier alpha value is -2.24. The monoisotopic (exact) mass is 251 g/mol. The molecular formula is C12H13NO5. The van der Waals surface area contributed by atoms with Gasteiger partial charge < -0.3 is 19.8 Å². The van der Waals surface area contributed by atoms with Gasteiger partial charge in [-0.1, -0.05) is 0 Å². The van der Waals surface area contributed by atoms with Crippen molar-refractivity contribution < 1.29 is 24.5 Å². The number of hydrogen-bond donors (Lipinski definition) is 2. The lowest BCUT2D eigenvalue weighted by molar-refractivity contribution is -0.158. The third-order valence-electron chi connectivity index (χ3n) is 3.25. The van der Waals surface area contributed by atoms with Crippen LogP contribution in [0.4, 0.5) is 0 Å². The molecule has 6 heteroatoms. The minimum absolute atomic E-state index is 0.0135. The molecule has 0 bridgehead atoms. The fraction of sp³-hybridized carbons (Fsp3) is 0.333. The fourth-order valence-electron chi connectivity index (χ4n) is 2.10. The van der Waals surface area contributed by atoms with Crippen molar-refractivity contribution in [3.05, 3.63) is 23.8 Å². The van der Waals surface area contributed by atoms with Crippen molar-refractivity contribution in [1.82, 2.24) is 4.90 Å². The van der Waals surface area contributed by atoms with Crippen LogP contribution >= 0.6 is 0 Å². The Morgan fingerprint density at radius 3 is 2.67 bits per heavy atom. The van der Waals surface area contributed by atoms with E-state index in [0.717, 1.165) is 4.90 Å². The molecule has 1 unspecified atom stereocenters. The van der Waals surface area contributed by atoms with E-state index in [9.17, 15) is 19.8 Å². The number of benzene rings is 1. The molecule has 1 aliphatic rings. The number of nitrogens with zero attached hydrogens (tertiary/aromatic N) is 1. The molecule has 0 aliphatic carbocycles. The van der Waals surface area contributed by atoms with Crippen LogP contribution in [0.5, 0.6) is 11.5 Å². The predicted molar refractivity (Wildman–Crippen MR) is 61.4 cm³/mol. The number of carbonyl (C=O) groups excluding carboxylic acids is 1. The Morgan fingerprint density at radius 2 is 2.11 bits per heavy atom. The number of fused-ring (bicyclic) bond motifs is 1. The molecule has 6 nitrogen and oxygen atoms in total. The molecule has 1 aromatic rings. The second-order valence-electron chi connectivity index (χ2n) is 4.21. The number of phenolic OH excluding ortho intramolecular Hbond substituents is 1. The molecule has 0 radical (unpaired) electrons. The molecule has 1 heterocycles. The Morgan fingerprint density at radius 1 is 1.44 bits per heavy atom. The highest BCUT2D eigenvalue weighted by Gasteiger charge is 2.52. The molecule has 0 aromatic heterocycles. The van der Waals surface area contributed by atoms with Crippen LogP contribution in [0.2, 0.25) is 0 Å². The molecule has 0 saturated carbocycles. The number of carbonyl (C=O) groups is 2. The van der Waals surface area contributed by atoms with Gasteiger partial charge in [0.2, 0.25) is 11.4 Å². The fourth-order valence-corrected chi connectivity index (χ4v) is 2.10. The lowest BCUT2D eigenvalue weighted by Gasteiger charge is -2.32. The van der Waals surface area contributed by atoms with Crippen LogP contribution in [0.3, 0.4) is 0 Å². The van der Waals surface area contributed by atoms with Gasteiger partial charge in [-0.05, 0) is 12.1 Å². The molecule has 18 heavy (non-hydrogen) atoms. The summed E-state index contributed by atoms with van der Waals surface area (Å²) in [4.78, 5) is 24.2. The van der Waals surface area contributed by atoms with Crippen molar-refractivity contribution in [3.63, 3.8) is 0 Å². The average Bonchev–Trinajstić information content (AvgIpc) is 2.67. The number of carboxylic acid groups (broad SMARTS) is 1. The second-order valence-corrected chi connectivity index (χ2v) is 4.21. The van der Waals surface area contributed by atoms with Crippen molar-refractivity contribution in [2.45, 2.75) is 12.5 Å². The third-order valence-corrected chi connectivity index (χ3v) is 3.25. The van der Waals surface area contributed by atoms with Gasteiger partial charge in [0.15, 0.2) is 0 Å². The molecule has 0 fully saturated rings. The summed E-state index contributed by atoms with van der Waals surface area (Å²) in [6, 6.07) is 4.18. The average molecular weight is 251 g/mol. The Kier molecular flexibility index (Phi) is 2.65. The maximum Gasteiger partial charge on any atom is 0.338 e. The van der Waals surface area contributed by atoms with Gasteiger partial charge in [-0.25, -0.2) is 4.79 Å². The first-order chi connectivity index (χ1) is 8.39. The standard InChI is InChI=1S/C12H13NO5/c1-7(14)13(2)12(11(16)17)6-18-10-5-8(15)3-4-9(10)12/h3-5,15H,6H2,1-2H3,(H,16,17). The van der Waals surface area contributed by atoms with Crippen molar-refractivity contribution >= 4 is 11.9 Å². The van der Waals surface area contributed by atoms with Crippen LogP contribution in [0.25, 0.3) is 0 Å². The molecule has 1 atom stereocenters. The van der Waals surface area contributed by atoms with Crippen molar-refractivity contribution in [2.75, 3.05) is 13.7 Å². The number of aromatic hydroxyl groups is 1. The Bertz CT molecular complexity index is 527. The van der Waals surface area contributed by atoms with E-state index in [-0.39, 0.29) is 24.0 Å². The van der Waals surface area contributed by atoms with E-state index in [1.165, 1.54) is 32.2 Å². The van der Waals surface area contributed by atoms with Crippen LogP contribution in [-0.2, 0) is 15.1 Å². The number of phenols is 1. The highest BCUT2D eigenvalue weighted by molar-refractivity contribution is 5.89. The summed E-state index contributed by atoms with van der Waals surface area (Å²) in [6.07, 6.45) is 0. The molecular weight excluding hydrogens is 238 g/mol. The third kappa shape index (κ3) is 1.49. The number of hydrogen-bond acceptors (Lipinski definition) is 4. The first-order valence-corrected chi connectivity index (χ1v) is 5.33. The van der Waals surface area contributed by atoms with Gasteiger partial charge in [-0.3, -0.25) is 4.79 Å². The smallest absolute Gasteiger partial charge is 0.338 e. The SMILES string of the molecule is CC(=O)N(C)C1(C(=O)O)COc2cc(O)ccc21. The molecule has 1 aliphatic heterocycles. The van der Waals surface area contributed by atoms with Crippen LogP contribution in [0, 0.1) is 0 Å². The van der Waals surface area contributed by atoms with Crippen molar-refractivity contribution in [1.29, 1.82) is 0 Å². The topological polar surface area (TPSA) is 87.1 Å². The summed E-state index contributed by atoms with van der Waals surface area (Å²) in [5, 5.41) is 18.8. The van der Waals surface area contributed by atoms with Gasteiger partial charge in [0, 0.05) is 25.6 Å². The molecule has 2 N–H and O–H groups in total. The van der Waals surface area contributed by atoms with Gasteiger partial charge in [0.1, 0.15) is 18.1 Å². The van der Waals surface area contributed by atoms with Crippen LogP contribution in [-0.4, -0.2) is 40.6 Å². The largest absolute Gasteiger partial charge is 0.508 e. The summed E-state index contributed by atoms with van der Waals surface area (Å²) >= 11 is 0. The molecule has 2 rings (SSSR count). The van der Waals surface area contributed by atoms with E-state index in [1.54, 1.807) is 0 Å². The van der Waals surface area contributed by atoms with E-state index in [0.29, 0.717) is 5.56 Å². The molecule has 96 valence electrons. The zero-order valence-electron chi connectivity index (χ0n) is 10.0. The number of amides is 1. The summed E-state index contributed by atoms with van der Waals surface area (Å²) in [7, 11) is 1.42. The summed E-state index contributed by atoms with van der Waals surface area (Å²) < 4.78 is 5.29. The number of rotatable bonds is 2. The Labute approximate surface area is 103 Å². The Balaban J connectivity index is 2.61. The minimum Gasteiger partial charge on any atom is -0.508 e.